The van der Waals surface area contributed by atoms with Crippen molar-refractivity contribution in [3.8, 4) is 0 Å². The molecule has 0 spiro atoms. The molecule has 4 rings (SSSR count). The van der Waals surface area contributed by atoms with Crippen LogP contribution in [-0.4, -0.2) is 74.3 Å². The zero-order chi connectivity index (χ0) is 28.2. The highest BCUT2D eigenvalue weighted by Crippen LogP contribution is 2.32. The fourth-order valence-electron chi connectivity index (χ4n) is 5.61. The van der Waals surface area contributed by atoms with E-state index >= 15 is 0 Å². The van der Waals surface area contributed by atoms with Gasteiger partial charge < -0.3 is 10.0 Å². The molecule has 2 aromatic rings. The highest BCUT2D eigenvalue weighted by atomic mass is 32.2. The molecular formula is C28H34F3N3O4S. The van der Waals surface area contributed by atoms with Crippen LogP contribution in [0.2, 0.25) is 0 Å². The van der Waals surface area contributed by atoms with Crippen molar-refractivity contribution >= 4 is 27.7 Å². The van der Waals surface area contributed by atoms with Gasteiger partial charge in [-0.25, -0.2) is 21.6 Å². The third-order valence-corrected chi connectivity index (χ3v) is 8.30. The van der Waals surface area contributed by atoms with E-state index in [9.17, 15) is 31.5 Å². The van der Waals surface area contributed by atoms with Crippen LogP contribution in [0.5, 0.6) is 0 Å². The van der Waals surface area contributed by atoms with Gasteiger partial charge in [-0.3, -0.25) is 14.4 Å². The predicted octanol–water partition coefficient (Wildman–Crippen LogP) is 3.97. The molecule has 39 heavy (non-hydrogen) atoms. The molecule has 11 heteroatoms. The topological polar surface area (TPSA) is 89.9 Å². The van der Waals surface area contributed by atoms with E-state index in [0.29, 0.717) is 24.7 Å². The highest BCUT2D eigenvalue weighted by molar-refractivity contribution is 7.92. The normalized spacial score (nSPS) is 18.9. The number of hydrogen-bond acceptors (Lipinski definition) is 5. The van der Waals surface area contributed by atoms with Crippen LogP contribution >= 0.6 is 0 Å². The van der Waals surface area contributed by atoms with Crippen molar-refractivity contribution in [2.45, 2.75) is 37.6 Å². The number of aliphatic hydroxyl groups excluding tert-OH is 1. The number of aliphatic hydroxyl groups is 1. The van der Waals surface area contributed by atoms with Gasteiger partial charge in [0.2, 0.25) is 15.9 Å². The number of piperidine rings is 2. The molecule has 2 aromatic carbocycles. The maximum Gasteiger partial charge on any atom is 0.246 e. The summed E-state index contributed by atoms with van der Waals surface area (Å²) in [5.41, 5.74) is 1.78. The van der Waals surface area contributed by atoms with Crippen LogP contribution in [0.3, 0.4) is 0 Å². The number of halogens is 3. The Bertz CT molecular complexity index is 1260. The maximum atomic E-state index is 13.4. The SMILES string of the molecule is CS(=O)(=O)Nc1ccc(C2CCN(C(CO)C3CCN(C(=O)/C=C/c4cc(F)c(F)c(F)c4)CC3)CC2)cc1. The van der Waals surface area contributed by atoms with Crippen molar-refractivity contribution in [3.63, 3.8) is 0 Å². The molecule has 1 atom stereocenters. The first-order valence-electron chi connectivity index (χ1n) is 13.1. The lowest BCUT2D eigenvalue weighted by atomic mass is 9.85. The van der Waals surface area contributed by atoms with Gasteiger partial charge in [-0.05, 0) is 92.1 Å². The average Bonchev–Trinajstić information content (AvgIpc) is 2.91. The first kappa shape index (κ1) is 29.1. The highest BCUT2D eigenvalue weighted by Gasteiger charge is 2.33. The summed E-state index contributed by atoms with van der Waals surface area (Å²) in [6.45, 7) is 2.75. The molecule has 0 aromatic heterocycles. The lowest BCUT2D eigenvalue weighted by Crippen LogP contribution is -2.50. The van der Waals surface area contributed by atoms with Crippen molar-refractivity contribution in [3.05, 3.63) is 71.1 Å². The maximum absolute atomic E-state index is 13.4. The molecule has 7 nitrogen and oxygen atoms in total. The van der Waals surface area contributed by atoms with Crippen LogP contribution in [-0.2, 0) is 14.8 Å². The smallest absolute Gasteiger partial charge is 0.246 e. The van der Waals surface area contributed by atoms with Crippen LogP contribution in [0.25, 0.3) is 6.08 Å². The van der Waals surface area contributed by atoms with E-state index in [4.69, 9.17) is 0 Å². The molecule has 0 saturated carbocycles. The minimum atomic E-state index is -3.31. The van der Waals surface area contributed by atoms with E-state index < -0.39 is 27.5 Å². The number of likely N-dealkylation sites (tertiary alicyclic amines) is 2. The second-order valence-corrected chi connectivity index (χ2v) is 12.1. The summed E-state index contributed by atoms with van der Waals surface area (Å²) in [7, 11) is -3.31. The second kappa shape index (κ2) is 12.5. The lowest BCUT2D eigenvalue weighted by Gasteiger charge is -2.43. The van der Waals surface area contributed by atoms with Gasteiger partial charge in [-0.15, -0.1) is 0 Å². The molecule has 2 heterocycles. The number of carbonyl (C=O) groups is 1. The molecule has 2 aliphatic heterocycles. The summed E-state index contributed by atoms with van der Waals surface area (Å²) in [5, 5.41) is 10.2. The van der Waals surface area contributed by atoms with Crippen LogP contribution in [0.15, 0.2) is 42.5 Å². The van der Waals surface area contributed by atoms with Crippen molar-refractivity contribution in [1.29, 1.82) is 0 Å². The van der Waals surface area contributed by atoms with Gasteiger partial charge in [0.1, 0.15) is 0 Å². The number of amides is 1. The minimum absolute atomic E-state index is 0.00486. The number of benzene rings is 2. The van der Waals surface area contributed by atoms with Gasteiger partial charge in [0.25, 0.3) is 0 Å². The van der Waals surface area contributed by atoms with E-state index in [-0.39, 0.29) is 30.0 Å². The van der Waals surface area contributed by atoms with Gasteiger partial charge >= 0.3 is 0 Å². The minimum Gasteiger partial charge on any atom is -0.395 e. The Morgan fingerprint density at radius 2 is 1.62 bits per heavy atom. The summed E-state index contributed by atoms with van der Waals surface area (Å²) < 4.78 is 65.3. The van der Waals surface area contributed by atoms with E-state index in [2.05, 4.69) is 9.62 Å². The molecule has 2 aliphatic rings. The van der Waals surface area contributed by atoms with Gasteiger partial charge in [-0.2, -0.15) is 0 Å². The molecule has 2 N–H and O–H groups in total. The van der Waals surface area contributed by atoms with Gasteiger partial charge in [0.15, 0.2) is 17.5 Å². The zero-order valence-corrected chi connectivity index (χ0v) is 22.6. The molecule has 0 bridgehead atoms. The first-order valence-corrected chi connectivity index (χ1v) is 15.0. The van der Waals surface area contributed by atoms with E-state index in [0.717, 1.165) is 57.2 Å². The Kier molecular flexibility index (Phi) is 9.35. The average molecular weight is 566 g/mol. The monoisotopic (exact) mass is 565 g/mol. The van der Waals surface area contributed by atoms with E-state index in [1.54, 1.807) is 17.0 Å². The molecule has 1 unspecified atom stereocenters. The fourth-order valence-corrected chi connectivity index (χ4v) is 6.18. The van der Waals surface area contributed by atoms with E-state index in [1.165, 1.54) is 17.7 Å². The molecule has 2 fully saturated rings. The zero-order valence-electron chi connectivity index (χ0n) is 21.8. The van der Waals surface area contributed by atoms with Crippen LogP contribution in [0.4, 0.5) is 18.9 Å². The summed E-state index contributed by atoms with van der Waals surface area (Å²) in [5.74, 6) is -3.83. The van der Waals surface area contributed by atoms with Crippen molar-refractivity contribution in [2.24, 2.45) is 5.92 Å². The lowest BCUT2D eigenvalue weighted by molar-refractivity contribution is -0.127. The fraction of sp³-hybridized carbons (Fsp3) is 0.464. The summed E-state index contributed by atoms with van der Waals surface area (Å²) in [4.78, 5) is 16.6. The molecular weight excluding hydrogens is 531 g/mol. The quantitative estimate of drug-likeness (QED) is 0.374. The van der Waals surface area contributed by atoms with Gasteiger partial charge in [0.05, 0.1) is 12.9 Å². The van der Waals surface area contributed by atoms with Gasteiger partial charge in [0, 0.05) is 30.9 Å². The molecule has 0 radical (unpaired) electrons. The molecule has 1 amide bonds. The van der Waals surface area contributed by atoms with Crippen molar-refractivity contribution in [2.75, 3.05) is 43.8 Å². The Morgan fingerprint density at radius 1 is 1.03 bits per heavy atom. The molecule has 212 valence electrons. The Hall–Kier alpha value is -2.89. The number of anilines is 1. The first-order chi connectivity index (χ1) is 18.5. The number of rotatable bonds is 8. The van der Waals surface area contributed by atoms with Crippen molar-refractivity contribution in [1.82, 2.24) is 9.80 Å². The number of hydrogen-bond donors (Lipinski definition) is 2. The molecule has 2 saturated heterocycles. The summed E-state index contributed by atoms with van der Waals surface area (Å²) in [6.07, 6.45) is 6.97. The van der Waals surface area contributed by atoms with Crippen LogP contribution < -0.4 is 4.72 Å². The second-order valence-electron chi connectivity index (χ2n) is 10.4. The molecule has 0 aliphatic carbocycles. The standard InChI is InChI=1S/C28H34F3N3O4S/c1-39(37,38)32-23-5-3-20(4-6-23)21-8-12-33(13-9-21)26(18-35)22-10-14-34(15-11-22)27(36)7-2-19-16-24(29)28(31)25(30)17-19/h2-7,16-17,21-22,26,32,35H,8-15,18H2,1H3/b7-2+. The van der Waals surface area contributed by atoms with Crippen LogP contribution in [0, 0.1) is 23.4 Å². The third kappa shape index (κ3) is 7.61. The van der Waals surface area contributed by atoms with Gasteiger partial charge in [-0.1, -0.05) is 12.1 Å². The van der Waals surface area contributed by atoms with E-state index in [1.807, 2.05) is 12.1 Å². The number of nitrogens with one attached hydrogen (secondary N) is 1. The summed E-state index contributed by atoms with van der Waals surface area (Å²) >= 11 is 0. The predicted molar refractivity (Wildman–Crippen MR) is 144 cm³/mol. The number of sulfonamides is 1. The number of carbonyl (C=O) groups excluding carboxylic acids is 1. The summed E-state index contributed by atoms with van der Waals surface area (Å²) in [6, 6.07) is 9.16. The number of nitrogens with zero attached hydrogens (tertiary/aromatic N) is 2. The third-order valence-electron chi connectivity index (χ3n) is 7.69. The van der Waals surface area contributed by atoms with Crippen LogP contribution in [0.1, 0.15) is 42.7 Å². The Morgan fingerprint density at radius 3 is 2.15 bits per heavy atom. The Labute approximate surface area is 227 Å². The van der Waals surface area contributed by atoms with Crippen molar-refractivity contribution < 1.29 is 31.5 Å². The Balaban J connectivity index is 1.26. The largest absolute Gasteiger partial charge is 0.395 e.